The van der Waals surface area contributed by atoms with E-state index < -0.39 is 5.82 Å². The molecule has 17 heavy (non-hydrogen) atoms. The number of hydrogen-bond donors (Lipinski definition) is 1. The molecule has 1 aromatic heterocycles. The number of halogens is 1. The fraction of sp³-hybridized carbons (Fsp3) is 0.500. The van der Waals surface area contributed by atoms with Crippen LogP contribution in [0.3, 0.4) is 0 Å². The third-order valence-corrected chi connectivity index (χ3v) is 3.59. The van der Waals surface area contributed by atoms with Crippen molar-refractivity contribution >= 4 is 17.4 Å². The Kier molecular flexibility index (Phi) is 2.28. The van der Waals surface area contributed by atoms with Gasteiger partial charge in [0.2, 0.25) is 5.91 Å². The second-order valence-corrected chi connectivity index (χ2v) is 4.78. The lowest BCUT2D eigenvalue weighted by Gasteiger charge is -2.17. The van der Waals surface area contributed by atoms with Crippen molar-refractivity contribution < 1.29 is 9.18 Å². The minimum Gasteiger partial charge on any atom is -0.384 e. The summed E-state index contributed by atoms with van der Waals surface area (Å²) in [4.78, 5) is 17.3. The standard InChI is InChI=1S/C12H14FN3O/c13-9-6-15-11(14)5-10(9)16-4-3-8(12(16)17)7-1-2-7/h5-8H,1-4H2,(H2,14,15)/t8-/m0/s1. The van der Waals surface area contributed by atoms with Crippen molar-refractivity contribution in [2.45, 2.75) is 19.3 Å². The molecule has 0 radical (unpaired) electrons. The summed E-state index contributed by atoms with van der Waals surface area (Å²) in [6.07, 6.45) is 4.16. The first-order valence-electron chi connectivity index (χ1n) is 5.89. The van der Waals surface area contributed by atoms with Crippen molar-refractivity contribution in [2.75, 3.05) is 17.2 Å². The summed E-state index contributed by atoms with van der Waals surface area (Å²) in [5.41, 5.74) is 5.80. The van der Waals surface area contributed by atoms with Gasteiger partial charge in [-0.1, -0.05) is 0 Å². The van der Waals surface area contributed by atoms with E-state index in [1.165, 1.54) is 11.0 Å². The van der Waals surface area contributed by atoms with Crippen LogP contribution in [0.1, 0.15) is 19.3 Å². The lowest BCUT2D eigenvalue weighted by molar-refractivity contribution is -0.120. The molecule has 3 rings (SSSR count). The van der Waals surface area contributed by atoms with E-state index in [1.807, 2.05) is 0 Å². The van der Waals surface area contributed by atoms with Crippen LogP contribution in [-0.4, -0.2) is 17.4 Å². The summed E-state index contributed by atoms with van der Waals surface area (Å²) in [6.45, 7) is 0.584. The Morgan fingerprint density at radius 3 is 2.88 bits per heavy atom. The van der Waals surface area contributed by atoms with Crippen molar-refractivity contribution in [3.05, 3.63) is 18.1 Å². The Bertz CT molecular complexity index is 473. The van der Waals surface area contributed by atoms with Crippen molar-refractivity contribution in [2.24, 2.45) is 11.8 Å². The van der Waals surface area contributed by atoms with Gasteiger partial charge in [-0.3, -0.25) is 4.79 Å². The fourth-order valence-corrected chi connectivity index (χ4v) is 2.53. The molecule has 4 nitrogen and oxygen atoms in total. The average Bonchev–Trinajstić information content (AvgIpc) is 3.07. The first-order valence-corrected chi connectivity index (χ1v) is 5.89. The minimum atomic E-state index is -0.482. The van der Waals surface area contributed by atoms with Crippen LogP contribution in [0, 0.1) is 17.7 Å². The number of aromatic nitrogens is 1. The highest BCUT2D eigenvalue weighted by Crippen LogP contribution is 2.43. The summed E-state index contributed by atoms with van der Waals surface area (Å²) >= 11 is 0. The molecule has 1 saturated heterocycles. The number of carbonyl (C=O) groups is 1. The van der Waals surface area contributed by atoms with Gasteiger partial charge in [0.1, 0.15) is 5.82 Å². The van der Waals surface area contributed by atoms with Crippen molar-refractivity contribution in [1.29, 1.82) is 0 Å². The van der Waals surface area contributed by atoms with Gasteiger partial charge in [-0.25, -0.2) is 9.37 Å². The van der Waals surface area contributed by atoms with Gasteiger partial charge in [0.15, 0.2) is 5.82 Å². The second-order valence-electron chi connectivity index (χ2n) is 4.78. The van der Waals surface area contributed by atoms with E-state index in [0.29, 0.717) is 12.5 Å². The molecule has 2 N–H and O–H groups in total. The monoisotopic (exact) mass is 235 g/mol. The molecule has 2 heterocycles. The molecule has 0 aromatic carbocycles. The molecule has 1 aliphatic carbocycles. The molecular weight excluding hydrogens is 221 g/mol. The molecule has 0 bridgehead atoms. The number of nitrogens with zero attached hydrogens (tertiary/aromatic N) is 2. The summed E-state index contributed by atoms with van der Waals surface area (Å²) < 4.78 is 13.6. The highest BCUT2D eigenvalue weighted by molar-refractivity contribution is 5.97. The van der Waals surface area contributed by atoms with Crippen molar-refractivity contribution in [3.63, 3.8) is 0 Å². The zero-order chi connectivity index (χ0) is 12.0. The second kappa shape index (κ2) is 3.68. The minimum absolute atomic E-state index is 0.0389. The van der Waals surface area contributed by atoms with E-state index in [1.54, 1.807) is 0 Å². The lowest BCUT2D eigenvalue weighted by Crippen LogP contribution is -2.28. The van der Waals surface area contributed by atoms with Crippen molar-refractivity contribution in [1.82, 2.24) is 4.98 Å². The van der Waals surface area contributed by atoms with Gasteiger partial charge < -0.3 is 10.6 Å². The zero-order valence-corrected chi connectivity index (χ0v) is 9.40. The first-order chi connectivity index (χ1) is 8.16. The number of nitrogen functional groups attached to an aromatic ring is 1. The van der Waals surface area contributed by atoms with Crippen LogP contribution >= 0.6 is 0 Å². The van der Waals surface area contributed by atoms with E-state index in [0.717, 1.165) is 25.5 Å². The molecule has 2 aliphatic rings. The third kappa shape index (κ3) is 1.75. The van der Waals surface area contributed by atoms with Gasteiger partial charge in [0.05, 0.1) is 11.9 Å². The number of anilines is 2. The van der Waals surface area contributed by atoms with Crippen molar-refractivity contribution in [3.8, 4) is 0 Å². The molecule has 2 fully saturated rings. The third-order valence-electron chi connectivity index (χ3n) is 3.59. The Morgan fingerprint density at radius 1 is 1.41 bits per heavy atom. The molecule has 1 saturated carbocycles. The molecule has 5 heteroatoms. The Morgan fingerprint density at radius 2 is 2.18 bits per heavy atom. The number of carbonyl (C=O) groups excluding carboxylic acids is 1. The Hall–Kier alpha value is -1.65. The van der Waals surface area contributed by atoms with Gasteiger partial charge in [0.25, 0.3) is 0 Å². The SMILES string of the molecule is Nc1cc(N2CC[C@@H](C3CC3)C2=O)c(F)cn1. The van der Waals surface area contributed by atoms with Crippen LogP contribution in [0.2, 0.25) is 0 Å². The van der Waals surface area contributed by atoms with Crippen LogP contribution < -0.4 is 10.6 Å². The molecule has 90 valence electrons. The molecule has 1 atom stereocenters. The van der Waals surface area contributed by atoms with Crippen LogP contribution in [-0.2, 0) is 4.79 Å². The normalized spacial score (nSPS) is 24.4. The average molecular weight is 235 g/mol. The molecule has 1 aliphatic heterocycles. The highest BCUT2D eigenvalue weighted by Gasteiger charge is 2.43. The fourth-order valence-electron chi connectivity index (χ4n) is 2.53. The topological polar surface area (TPSA) is 59.2 Å². The lowest BCUT2D eigenvalue weighted by atomic mass is 10.0. The molecule has 1 amide bonds. The number of amides is 1. The number of nitrogens with two attached hydrogens (primary N) is 1. The molecule has 1 aromatic rings. The maximum atomic E-state index is 13.6. The molecule has 0 unspecified atom stereocenters. The Labute approximate surface area is 98.6 Å². The van der Waals surface area contributed by atoms with E-state index in [9.17, 15) is 9.18 Å². The quantitative estimate of drug-likeness (QED) is 0.846. The van der Waals surface area contributed by atoms with Crippen LogP contribution in [0.15, 0.2) is 12.3 Å². The maximum absolute atomic E-state index is 13.6. The van der Waals surface area contributed by atoms with Gasteiger partial charge >= 0.3 is 0 Å². The van der Waals surface area contributed by atoms with Crippen LogP contribution in [0.25, 0.3) is 0 Å². The summed E-state index contributed by atoms with van der Waals surface area (Å²) in [5.74, 6) is 0.406. The number of pyridine rings is 1. The van der Waals surface area contributed by atoms with Gasteiger partial charge in [-0.05, 0) is 25.2 Å². The summed E-state index contributed by atoms with van der Waals surface area (Å²) in [5, 5.41) is 0. The maximum Gasteiger partial charge on any atom is 0.230 e. The van der Waals surface area contributed by atoms with Gasteiger partial charge in [0, 0.05) is 18.5 Å². The molecular formula is C12H14FN3O. The van der Waals surface area contributed by atoms with Crippen LogP contribution in [0.5, 0.6) is 0 Å². The van der Waals surface area contributed by atoms with E-state index in [2.05, 4.69) is 4.98 Å². The van der Waals surface area contributed by atoms with E-state index in [-0.39, 0.29) is 23.3 Å². The summed E-state index contributed by atoms with van der Waals surface area (Å²) in [7, 11) is 0. The van der Waals surface area contributed by atoms with Gasteiger partial charge in [-0.15, -0.1) is 0 Å². The van der Waals surface area contributed by atoms with E-state index >= 15 is 0 Å². The molecule has 0 spiro atoms. The highest BCUT2D eigenvalue weighted by atomic mass is 19.1. The predicted octanol–water partition coefficient (Wildman–Crippen LogP) is 1.57. The zero-order valence-electron chi connectivity index (χ0n) is 9.40. The van der Waals surface area contributed by atoms with Gasteiger partial charge in [-0.2, -0.15) is 0 Å². The summed E-state index contributed by atoms with van der Waals surface area (Å²) in [6, 6.07) is 1.43. The first kappa shape index (κ1) is 10.5. The smallest absolute Gasteiger partial charge is 0.230 e. The predicted molar refractivity (Wildman–Crippen MR) is 61.8 cm³/mol. The van der Waals surface area contributed by atoms with Crippen LogP contribution in [0.4, 0.5) is 15.9 Å². The number of hydrogen-bond acceptors (Lipinski definition) is 3. The Balaban J connectivity index is 1.89. The number of rotatable bonds is 2. The largest absolute Gasteiger partial charge is 0.384 e. The van der Waals surface area contributed by atoms with E-state index in [4.69, 9.17) is 5.73 Å².